The van der Waals surface area contributed by atoms with Gasteiger partial charge >= 0.3 is 0 Å². The van der Waals surface area contributed by atoms with Gasteiger partial charge in [-0.2, -0.15) is 5.10 Å². The smallest absolute Gasteiger partial charge is 0.253 e. The van der Waals surface area contributed by atoms with Gasteiger partial charge in [0.05, 0.1) is 17.7 Å². The molecule has 1 aromatic carbocycles. The lowest BCUT2D eigenvalue weighted by atomic mass is 10.0. The molecule has 1 aliphatic rings. The van der Waals surface area contributed by atoms with Crippen molar-refractivity contribution >= 4 is 23.4 Å². The Morgan fingerprint density at radius 3 is 2.82 bits per heavy atom. The van der Waals surface area contributed by atoms with Crippen LogP contribution >= 0.6 is 11.8 Å². The van der Waals surface area contributed by atoms with E-state index in [9.17, 15) is 4.79 Å². The Kier molecular flexibility index (Phi) is 5.29. The number of nitrogens with one attached hydrogen (secondary N) is 1. The highest BCUT2D eigenvalue weighted by molar-refractivity contribution is 7.99. The Morgan fingerprint density at radius 1 is 1.32 bits per heavy atom. The summed E-state index contributed by atoms with van der Waals surface area (Å²) in [5.41, 5.74) is 3.09. The molecule has 3 aromatic rings. The molecular weight excluding hydrogens is 374 g/mol. The summed E-state index contributed by atoms with van der Waals surface area (Å²) < 4.78 is 5.58. The maximum Gasteiger partial charge on any atom is 0.253 e. The van der Waals surface area contributed by atoms with E-state index in [4.69, 9.17) is 4.42 Å². The van der Waals surface area contributed by atoms with Crippen molar-refractivity contribution in [2.45, 2.75) is 37.9 Å². The predicted octanol–water partition coefficient (Wildman–Crippen LogP) is 3.74. The average Bonchev–Trinajstić information content (AvgIpc) is 3.46. The van der Waals surface area contributed by atoms with E-state index in [-0.39, 0.29) is 17.7 Å². The van der Waals surface area contributed by atoms with Gasteiger partial charge in [-0.15, -0.1) is 5.10 Å². The molecule has 4 rings (SSSR count). The third-order valence-electron chi connectivity index (χ3n) is 4.59. The van der Waals surface area contributed by atoms with Crippen LogP contribution in [-0.4, -0.2) is 37.6 Å². The molecule has 7 nitrogen and oxygen atoms in total. The maximum atomic E-state index is 12.9. The second-order valence-corrected chi connectivity index (χ2v) is 7.54. The molecule has 1 unspecified atom stereocenters. The van der Waals surface area contributed by atoms with Crippen molar-refractivity contribution in [3.05, 3.63) is 65.4 Å². The molecule has 0 saturated carbocycles. The van der Waals surface area contributed by atoms with Crippen molar-refractivity contribution in [3.63, 3.8) is 0 Å². The van der Waals surface area contributed by atoms with Gasteiger partial charge in [-0.05, 0) is 24.6 Å². The van der Waals surface area contributed by atoms with Crippen LogP contribution in [0.3, 0.4) is 0 Å². The van der Waals surface area contributed by atoms with Crippen LogP contribution in [-0.2, 0) is 11.2 Å². The van der Waals surface area contributed by atoms with Crippen molar-refractivity contribution in [2.24, 2.45) is 5.10 Å². The summed E-state index contributed by atoms with van der Waals surface area (Å²) in [6.07, 6.45) is 3.02. The molecule has 8 heteroatoms. The fourth-order valence-corrected chi connectivity index (χ4v) is 3.73. The van der Waals surface area contributed by atoms with Crippen LogP contribution in [0, 0.1) is 6.92 Å². The Morgan fingerprint density at radius 2 is 2.14 bits per heavy atom. The van der Waals surface area contributed by atoms with E-state index in [1.807, 2.05) is 38.1 Å². The van der Waals surface area contributed by atoms with Crippen LogP contribution in [0.5, 0.6) is 0 Å². The van der Waals surface area contributed by atoms with Gasteiger partial charge in [0.15, 0.2) is 0 Å². The molecular formula is C20H21N5O2S. The van der Waals surface area contributed by atoms with Crippen LogP contribution in [0.1, 0.15) is 42.1 Å². The van der Waals surface area contributed by atoms with Gasteiger partial charge < -0.3 is 4.42 Å². The van der Waals surface area contributed by atoms with E-state index in [1.54, 1.807) is 6.26 Å². The first-order valence-corrected chi connectivity index (χ1v) is 10.2. The molecule has 1 atom stereocenters. The maximum absolute atomic E-state index is 12.9. The third-order valence-corrected chi connectivity index (χ3v) is 5.43. The van der Waals surface area contributed by atoms with E-state index >= 15 is 0 Å². The Bertz CT molecular complexity index is 978. The lowest BCUT2D eigenvalue weighted by molar-refractivity contribution is -0.130. The van der Waals surface area contributed by atoms with Crippen LogP contribution in [0.25, 0.3) is 0 Å². The van der Waals surface area contributed by atoms with Crippen molar-refractivity contribution in [1.82, 2.24) is 20.2 Å². The van der Waals surface area contributed by atoms with Crippen molar-refractivity contribution in [1.29, 1.82) is 0 Å². The van der Waals surface area contributed by atoms with Gasteiger partial charge in [0, 0.05) is 12.8 Å². The number of aromatic amines is 1. The molecule has 0 saturated heterocycles. The van der Waals surface area contributed by atoms with Crippen molar-refractivity contribution in [3.8, 4) is 0 Å². The molecule has 1 amide bonds. The summed E-state index contributed by atoms with van der Waals surface area (Å²) in [4.78, 5) is 17.3. The molecule has 0 spiro atoms. The molecule has 0 aliphatic carbocycles. The molecule has 1 N–H and O–H groups in total. The lowest BCUT2D eigenvalue weighted by Crippen LogP contribution is -2.28. The minimum Gasteiger partial charge on any atom is -0.467 e. The normalized spacial score (nSPS) is 16.4. The van der Waals surface area contributed by atoms with Crippen molar-refractivity contribution < 1.29 is 9.21 Å². The first kappa shape index (κ1) is 18.5. The van der Waals surface area contributed by atoms with Gasteiger partial charge in [0.25, 0.3) is 5.91 Å². The first-order chi connectivity index (χ1) is 13.6. The zero-order chi connectivity index (χ0) is 19.5. The largest absolute Gasteiger partial charge is 0.467 e. The number of nitrogens with zero attached hydrogens (tertiary/aromatic N) is 4. The number of aromatic nitrogens is 3. The Labute approximate surface area is 167 Å². The second kappa shape index (κ2) is 8.02. The summed E-state index contributed by atoms with van der Waals surface area (Å²) in [6.45, 7) is 4.05. The van der Waals surface area contributed by atoms with Gasteiger partial charge in [-0.3, -0.25) is 9.89 Å². The Balaban J connectivity index is 1.53. The van der Waals surface area contributed by atoms with Gasteiger partial charge in [0.2, 0.25) is 5.16 Å². The van der Waals surface area contributed by atoms with E-state index in [2.05, 4.69) is 32.4 Å². The van der Waals surface area contributed by atoms with Gasteiger partial charge in [-0.25, -0.2) is 9.99 Å². The molecule has 28 heavy (non-hydrogen) atoms. The molecule has 0 radical (unpaired) electrons. The summed E-state index contributed by atoms with van der Waals surface area (Å²) >= 11 is 1.31. The van der Waals surface area contributed by atoms with Crippen LogP contribution in [0.4, 0.5) is 0 Å². The average molecular weight is 395 g/mol. The number of amides is 1. The number of hydrazone groups is 1. The fraction of sp³-hybridized carbons (Fsp3) is 0.300. The van der Waals surface area contributed by atoms with Gasteiger partial charge in [0.1, 0.15) is 17.6 Å². The minimum atomic E-state index is -0.238. The highest BCUT2D eigenvalue weighted by Crippen LogP contribution is 2.33. The number of furan rings is 1. The molecule has 0 fully saturated rings. The second-order valence-electron chi connectivity index (χ2n) is 6.59. The summed E-state index contributed by atoms with van der Waals surface area (Å²) in [5, 5.41) is 13.7. The molecule has 144 valence electrons. The quantitative estimate of drug-likeness (QED) is 0.643. The third kappa shape index (κ3) is 3.87. The van der Waals surface area contributed by atoms with E-state index in [0.29, 0.717) is 11.6 Å². The van der Waals surface area contributed by atoms with Gasteiger partial charge in [-0.1, -0.05) is 48.5 Å². The van der Waals surface area contributed by atoms with Crippen LogP contribution < -0.4 is 0 Å². The number of aryl methyl sites for hydroxylation is 2. The predicted molar refractivity (Wildman–Crippen MR) is 107 cm³/mol. The zero-order valence-electron chi connectivity index (χ0n) is 15.8. The standard InChI is InChI=1S/C20H21N5O2S/c1-3-18-21-20(23-22-18)28-12-19(26)25-16(17-5-4-10-27-17)11-15(24-25)14-8-6-13(2)7-9-14/h4-10,16H,3,11-12H2,1-2H3,(H,21,22,23). The lowest BCUT2D eigenvalue weighted by Gasteiger charge is -2.19. The molecule has 0 bridgehead atoms. The summed E-state index contributed by atoms with van der Waals surface area (Å²) in [6, 6.07) is 11.7. The monoisotopic (exact) mass is 395 g/mol. The topological polar surface area (TPSA) is 87.4 Å². The first-order valence-electron chi connectivity index (χ1n) is 9.18. The van der Waals surface area contributed by atoms with Crippen LogP contribution in [0.15, 0.2) is 57.3 Å². The highest BCUT2D eigenvalue weighted by Gasteiger charge is 2.34. The minimum absolute atomic E-state index is 0.101. The van der Waals surface area contributed by atoms with E-state index in [0.717, 1.165) is 29.3 Å². The van der Waals surface area contributed by atoms with Crippen LogP contribution in [0.2, 0.25) is 0 Å². The van der Waals surface area contributed by atoms with Crippen molar-refractivity contribution in [2.75, 3.05) is 5.75 Å². The molecule has 3 heterocycles. The Hall–Kier alpha value is -2.87. The number of benzene rings is 1. The number of carbonyl (C=O) groups excluding carboxylic acids is 1. The molecule has 1 aliphatic heterocycles. The summed E-state index contributed by atoms with van der Waals surface area (Å²) in [7, 11) is 0. The SMILES string of the molecule is CCc1nc(SCC(=O)N2N=C(c3ccc(C)cc3)CC2c2ccco2)n[nH]1. The van der Waals surface area contributed by atoms with E-state index in [1.165, 1.54) is 22.3 Å². The number of rotatable bonds is 6. The molecule has 2 aromatic heterocycles. The fourth-order valence-electron chi connectivity index (χ4n) is 3.06. The number of thioether (sulfide) groups is 1. The highest BCUT2D eigenvalue weighted by atomic mass is 32.2. The number of hydrogen-bond acceptors (Lipinski definition) is 6. The number of H-pyrrole nitrogens is 1. The zero-order valence-corrected chi connectivity index (χ0v) is 16.6. The van der Waals surface area contributed by atoms with E-state index < -0.39 is 0 Å². The number of carbonyl (C=O) groups is 1. The number of hydrogen-bond donors (Lipinski definition) is 1. The summed E-state index contributed by atoms with van der Waals surface area (Å²) in [5.74, 6) is 1.65.